The third kappa shape index (κ3) is 2.56. The zero-order valence-electron chi connectivity index (χ0n) is 13.4. The first-order chi connectivity index (χ1) is 11.9. The van der Waals surface area contributed by atoms with Crippen molar-refractivity contribution < 1.29 is 39.4 Å². The molecule has 2 unspecified atom stereocenters. The molecule has 0 saturated heterocycles. The summed E-state index contributed by atoms with van der Waals surface area (Å²) < 4.78 is 15.8. The molecule has 1 aliphatic heterocycles. The fraction of sp³-hybridized carbons (Fsp3) is 0.235. The van der Waals surface area contributed by atoms with Gasteiger partial charge in [0.1, 0.15) is 11.3 Å². The molecule has 0 amide bonds. The minimum Gasteiger partial charge on any atom is -0.507 e. The highest BCUT2D eigenvalue weighted by Gasteiger charge is 2.42. The highest BCUT2D eigenvalue weighted by molar-refractivity contribution is 6.06. The summed E-state index contributed by atoms with van der Waals surface area (Å²) in [6.45, 7) is 0. The minimum atomic E-state index is -1.13. The largest absolute Gasteiger partial charge is 0.507 e. The fourth-order valence-corrected chi connectivity index (χ4v) is 2.80. The fourth-order valence-electron chi connectivity index (χ4n) is 2.80. The molecule has 1 heterocycles. The molecule has 2 atom stereocenters. The predicted octanol–water partition coefficient (Wildman–Crippen LogP) is 1.85. The monoisotopic (exact) mass is 348 g/mol. The maximum absolute atomic E-state index is 12.7. The molecule has 25 heavy (non-hydrogen) atoms. The summed E-state index contributed by atoms with van der Waals surface area (Å²) in [4.78, 5) is 12.7. The maximum atomic E-state index is 12.7. The number of ketones is 1. The van der Waals surface area contributed by atoms with Crippen LogP contribution in [0.1, 0.15) is 22.0 Å². The van der Waals surface area contributed by atoms with Crippen LogP contribution < -0.4 is 9.47 Å². The van der Waals surface area contributed by atoms with Crippen LogP contribution in [-0.4, -0.2) is 46.5 Å². The van der Waals surface area contributed by atoms with E-state index in [1.807, 2.05) is 0 Å². The number of hydrogen-bond donors (Lipinski definition) is 4. The van der Waals surface area contributed by atoms with Crippen molar-refractivity contribution in [2.75, 3.05) is 14.2 Å². The molecule has 0 aromatic heterocycles. The van der Waals surface area contributed by atoms with E-state index >= 15 is 0 Å². The number of phenolic OH excluding ortho intramolecular Hbond substituents is 4. The number of methoxy groups -OCH3 is 2. The summed E-state index contributed by atoms with van der Waals surface area (Å²) in [6.07, 6.45) is -2.15. The Kier molecular flexibility index (Phi) is 4.05. The SMILES string of the molecule is COc1ccc(C2Oc3c(O)c(O)cc(O)c3C(=O)C2OC)cc1O. The first kappa shape index (κ1) is 16.7. The van der Waals surface area contributed by atoms with Gasteiger partial charge in [-0.25, -0.2) is 0 Å². The third-order valence-electron chi connectivity index (χ3n) is 4.02. The highest BCUT2D eigenvalue weighted by Crippen LogP contribution is 2.49. The summed E-state index contributed by atoms with van der Waals surface area (Å²) in [5.41, 5.74) is 0.0996. The van der Waals surface area contributed by atoms with Crippen molar-refractivity contribution >= 4 is 5.78 Å². The number of rotatable bonds is 3. The maximum Gasteiger partial charge on any atom is 0.203 e. The molecule has 0 spiro atoms. The molecule has 0 aliphatic carbocycles. The van der Waals surface area contributed by atoms with E-state index in [-0.39, 0.29) is 22.8 Å². The zero-order chi connectivity index (χ0) is 18.3. The van der Waals surface area contributed by atoms with Crippen LogP contribution in [0.5, 0.6) is 34.5 Å². The van der Waals surface area contributed by atoms with Crippen molar-refractivity contribution in [3.05, 3.63) is 35.4 Å². The van der Waals surface area contributed by atoms with Crippen molar-refractivity contribution in [2.45, 2.75) is 12.2 Å². The molecule has 8 heteroatoms. The van der Waals surface area contributed by atoms with E-state index in [0.717, 1.165) is 6.07 Å². The summed E-state index contributed by atoms with van der Waals surface area (Å²) in [6, 6.07) is 5.24. The van der Waals surface area contributed by atoms with Gasteiger partial charge in [0.25, 0.3) is 0 Å². The van der Waals surface area contributed by atoms with Crippen LogP contribution in [0.3, 0.4) is 0 Å². The number of benzene rings is 2. The van der Waals surface area contributed by atoms with Gasteiger partial charge in [0.2, 0.25) is 11.5 Å². The van der Waals surface area contributed by atoms with E-state index in [1.54, 1.807) is 6.07 Å². The van der Waals surface area contributed by atoms with Crippen LogP contribution in [-0.2, 0) is 4.74 Å². The Labute approximate surface area is 142 Å². The normalized spacial score (nSPS) is 19.2. The summed E-state index contributed by atoms with van der Waals surface area (Å²) in [7, 11) is 2.69. The molecular weight excluding hydrogens is 332 g/mol. The molecule has 1 aliphatic rings. The molecule has 0 saturated carbocycles. The van der Waals surface area contributed by atoms with E-state index in [0.29, 0.717) is 5.56 Å². The van der Waals surface area contributed by atoms with Gasteiger partial charge < -0.3 is 34.6 Å². The second-order valence-electron chi connectivity index (χ2n) is 5.46. The summed E-state index contributed by atoms with van der Waals surface area (Å²) >= 11 is 0. The topological polar surface area (TPSA) is 126 Å². The van der Waals surface area contributed by atoms with Crippen LogP contribution in [0.15, 0.2) is 24.3 Å². The standard InChI is InChI=1S/C17H16O8/c1-23-11-4-3-7(5-8(11)18)15-17(24-2)14(22)12-9(19)6-10(20)13(21)16(12)25-15/h3-6,15,17-21H,1-2H3. The number of aromatic hydroxyl groups is 4. The van der Waals surface area contributed by atoms with Gasteiger partial charge in [-0.05, 0) is 17.7 Å². The first-order valence-electron chi connectivity index (χ1n) is 7.27. The van der Waals surface area contributed by atoms with E-state index in [2.05, 4.69) is 0 Å². The Bertz CT molecular complexity index is 845. The lowest BCUT2D eigenvalue weighted by Crippen LogP contribution is -2.37. The van der Waals surface area contributed by atoms with Gasteiger partial charge in [-0.1, -0.05) is 6.07 Å². The van der Waals surface area contributed by atoms with Gasteiger partial charge in [-0.2, -0.15) is 0 Å². The zero-order valence-corrected chi connectivity index (χ0v) is 13.4. The van der Waals surface area contributed by atoms with E-state index in [9.17, 15) is 25.2 Å². The molecule has 132 valence electrons. The lowest BCUT2D eigenvalue weighted by Gasteiger charge is -2.32. The van der Waals surface area contributed by atoms with E-state index in [4.69, 9.17) is 14.2 Å². The quantitative estimate of drug-likeness (QED) is 0.489. The van der Waals surface area contributed by atoms with Gasteiger partial charge in [-0.15, -0.1) is 0 Å². The van der Waals surface area contributed by atoms with Gasteiger partial charge in [-0.3, -0.25) is 4.79 Å². The van der Waals surface area contributed by atoms with Crippen molar-refractivity contribution in [3.63, 3.8) is 0 Å². The molecule has 0 bridgehead atoms. The average molecular weight is 348 g/mol. The van der Waals surface area contributed by atoms with Crippen LogP contribution in [0, 0.1) is 0 Å². The van der Waals surface area contributed by atoms with Crippen LogP contribution in [0.2, 0.25) is 0 Å². The highest BCUT2D eigenvalue weighted by atomic mass is 16.5. The Hall–Kier alpha value is -3.13. The minimum absolute atomic E-state index is 0.167. The smallest absolute Gasteiger partial charge is 0.203 e. The van der Waals surface area contributed by atoms with Gasteiger partial charge in [0, 0.05) is 13.2 Å². The summed E-state index contributed by atoms with van der Waals surface area (Å²) in [5.74, 6) is -2.74. The number of fused-ring (bicyclic) bond motifs is 1. The van der Waals surface area contributed by atoms with Crippen molar-refractivity contribution in [2.24, 2.45) is 0 Å². The molecule has 8 nitrogen and oxygen atoms in total. The molecule has 0 radical (unpaired) electrons. The Morgan fingerprint density at radius 2 is 1.72 bits per heavy atom. The average Bonchev–Trinajstić information content (AvgIpc) is 2.58. The molecular formula is C17H16O8. The molecule has 4 N–H and O–H groups in total. The van der Waals surface area contributed by atoms with E-state index in [1.165, 1.54) is 26.4 Å². The van der Waals surface area contributed by atoms with Gasteiger partial charge >= 0.3 is 0 Å². The number of hydrogen-bond acceptors (Lipinski definition) is 8. The van der Waals surface area contributed by atoms with E-state index < -0.39 is 35.2 Å². The number of Topliss-reactive ketones (excluding diaryl/α,β-unsaturated/α-hetero) is 1. The lowest BCUT2D eigenvalue weighted by molar-refractivity contribution is -0.00225. The van der Waals surface area contributed by atoms with Crippen molar-refractivity contribution in [1.29, 1.82) is 0 Å². The lowest BCUT2D eigenvalue weighted by atomic mass is 9.92. The Balaban J connectivity index is 2.13. The van der Waals surface area contributed by atoms with Gasteiger partial charge in [0.05, 0.1) is 7.11 Å². The second kappa shape index (κ2) is 6.06. The number of carbonyl (C=O) groups is 1. The first-order valence-corrected chi connectivity index (χ1v) is 7.27. The number of phenols is 4. The summed E-state index contributed by atoms with van der Waals surface area (Å²) in [5, 5.41) is 39.5. The molecule has 0 fully saturated rings. The van der Waals surface area contributed by atoms with Crippen LogP contribution >= 0.6 is 0 Å². The van der Waals surface area contributed by atoms with Crippen molar-refractivity contribution in [3.8, 4) is 34.5 Å². The molecule has 2 aromatic carbocycles. The second-order valence-corrected chi connectivity index (χ2v) is 5.46. The Morgan fingerprint density at radius 3 is 2.32 bits per heavy atom. The Morgan fingerprint density at radius 1 is 1.00 bits per heavy atom. The van der Waals surface area contributed by atoms with Gasteiger partial charge in [0.15, 0.2) is 35.2 Å². The van der Waals surface area contributed by atoms with Crippen LogP contribution in [0.4, 0.5) is 0 Å². The number of ether oxygens (including phenoxy) is 3. The molecule has 3 rings (SSSR count). The number of carbonyl (C=O) groups excluding carboxylic acids is 1. The molecule has 2 aromatic rings. The predicted molar refractivity (Wildman–Crippen MR) is 84.6 cm³/mol. The third-order valence-corrected chi connectivity index (χ3v) is 4.02. The van der Waals surface area contributed by atoms with Crippen molar-refractivity contribution in [1.82, 2.24) is 0 Å². The van der Waals surface area contributed by atoms with Crippen LogP contribution in [0.25, 0.3) is 0 Å².